The fourth-order valence-electron chi connectivity index (χ4n) is 1.79. The quantitative estimate of drug-likeness (QED) is 0.629. The number of hydrogen-bond donors (Lipinski definition) is 2. The topological polar surface area (TPSA) is 68.8 Å². The molecule has 0 aromatic heterocycles. The average molecular weight is 296 g/mol. The predicted octanol–water partition coefficient (Wildman–Crippen LogP) is 0.946. The van der Waals surface area contributed by atoms with Gasteiger partial charge in [0.05, 0.1) is 26.7 Å². The van der Waals surface area contributed by atoms with E-state index in [2.05, 4.69) is 10.6 Å². The normalized spacial score (nSPS) is 10.2. The van der Waals surface area contributed by atoms with Crippen molar-refractivity contribution in [3.8, 4) is 11.5 Å². The number of benzene rings is 1. The highest BCUT2D eigenvalue weighted by atomic mass is 16.5. The van der Waals surface area contributed by atoms with Gasteiger partial charge >= 0.3 is 0 Å². The molecule has 6 heteroatoms. The molecule has 0 bridgehead atoms. The van der Waals surface area contributed by atoms with Gasteiger partial charge in [0.1, 0.15) is 0 Å². The summed E-state index contributed by atoms with van der Waals surface area (Å²) >= 11 is 0. The van der Waals surface area contributed by atoms with Crippen molar-refractivity contribution in [2.75, 3.05) is 41.0 Å². The molecule has 0 unspecified atom stereocenters. The van der Waals surface area contributed by atoms with E-state index < -0.39 is 0 Å². The standard InChI is InChI=1S/C15H24N2O4/c1-16-14(18)7-9-21-15-12(11-17-8-10-19-2)5-4-6-13(15)20-3/h4-6,17H,7-11H2,1-3H3,(H,16,18). The second-order valence-corrected chi connectivity index (χ2v) is 4.39. The zero-order valence-corrected chi connectivity index (χ0v) is 12.9. The molecular weight excluding hydrogens is 272 g/mol. The summed E-state index contributed by atoms with van der Waals surface area (Å²) < 4.78 is 16.0. The van der Waals surface area contributed by atoms with Gasteiger partial charge in [0.25, 0.3) is 0 Å². The average Bonchev–Trinajstić information content (AvgIpc) is 2.52. The molecule has 0 fully saturated rings. The highest BCUT2D eigenvalue weighted by molar-refractivity contribution is 5.75. The molecule has 6 nitrogen and oxygen atoms in total. The zero-order valence-electron chi connectivity index (χ0n) is 12.9. The van der Waals surface area contributed by atoms with Gasteiger partial charge in [-0.2, -0.15) is 0 Å². The first-order chi connectivity index (χ1) is 10.2. The Bertz CT molecular complexity index is 438. The lowest BCUT2D eigenvalue weighted by Crippen LogP contribution is -2.21. The van der Waals surface area contributed by atoms with Crippen molar-refractivity contribution < 1.29 is 19.0 Å². The van der Waals surface area contributed by atoms with Crippen LogP contribution in [0.2, 0.25) is 0 Å². The van der Waals surface area contributed by atoms with Gasteiger partial charge < -0.3 is 24.8 Å². The van der Waals surface area contributed by atoms with Gasteiger partial charge in [-0.05, 0) is 6.07 Å². The molecule has 118 valence electrons. The lowest BCUT2D eigenvalue weighted by Gasteiger charge is -2.15. The molecule has 0 atom stereocenters. The van der Waals surface area contributed by atoms with Gasteiger partial charge in [-0.3, -0.25) is 4.79 Å². The van der Waals surface area contributed by atoms with Crippen LogP contribution in [0.5, 0.6) is 11.5 Å². The van der Waals surface area contributed by atoms with Crippen LogP contribution in [-0.4, -0.2) is 46.9 Å². The Labute approximate surface area is 125 Å². The maximum atomic E-state index is 11.2. The van der Waals surface area contributed by atoms with Crippen molar-refractivity contribution in [1.82, 2.24) is 10.6 Å². The molecule has 21 heavy (non-hydrogen) atoms. The van der Waals surface area contributed by atoms with Gasteiger partial charge in [-0.25, -0.2) is 0 Å². The lowest BCUT2D eigenvalue weighted by atomic mass is 10.2. The van der Waals surface area contributed by atoms with Crippen LogP contribution in [0.3, 0.4) is 0 Å². The van der Waals surface area contributed by atoms with E-state index in [4.69, 9.17) is 14.2 Å². The Morgan fingerprint density at radius 2 is 2.05 bits per heavy atom. The number of carbonyl (C=O) groups is 1. The highest BCUT2D eigenvalue weighted by Gasteiger charge is 2.11. The molecule has 0 saturated heterocycles. The third-order valence-corrected chi connectivity index (χ3v) is 2.93. The molecule has 1 aromatic carbocycles. The molecular formula is C15H24N2O4. The number of amides is 1. The summed E-state index contributed by atoms with van der Waals surface area (Å²) in [6.45, 7) is 2.36. The second kappa shape index (κ2) is 10.0. The minimum Gasteiger partial charge on any atom is -0.493 e. The van der Waals surface area contributed by atoms with E-state index in [1.165, 1.54) is 0 Å². The van der Waals surface area contributed by atoms with Gasteiger partial charge in [-0.15, -0.1) is 0 Å². The van der Waals surface area contributed by atoms with Crippen molar-refractivity contribution in [2.24, 2.45) is 0 Å². The maximum Gasteiger partial charge on any atom is 0.223 e. The summed E-state index contributed by atoms with van der Waals surface area (Å²) in [5.41, 5.74) is 0.988. The first-order valence-corrected chi connectivity index (χ1v) is 6.91. The van der Waals surface area contributed by atoms with Crippen molar-refractivity contribution in [2.45, 2.75) is 13.0 Å². The van der Waals surface area contributed by atoms with E-state index in [0.29, 0.717) is 37.7 Å². The Kier molecular flexibility index (Phi) is 8.23. The summed E-state index contributed by atoms with van der Waals surface area (Å²) in [6.07, 6.45) is 0.311. The molecule has 0 aliphatic rings. The number of rotatable bonds is 10. The van der Waals surface area contributed by atoms with Crippen LogP contribution in [0.25, 0.3) is 0 Å². The van der Waals surface area contributed by atoms with Crippen molar-refractivity contribution >= 4 is 5.91 Å². The molecule has 1 aromatic rings. The van der Waals surface area contributed by atoms with Gasteiger partial charge in [0.2, 0.25) is 5.91 Å². The maximum absolute atomic E-state index is 11.2. The highest BCUT2D eigenvalue weighted by Crippen LogP contribution is 2.31. The Morgan fingerprint density at radius 3 is 2.71 bits per heavy atom. The van der Waals surface area contributed by atoms with E-state index in [1.807, 2.05) is 18.2 Å². The number of nitrogens with one attached hydrogen (secondary N) is 2. The Balaban J connectivity index is 2.66. The van der Waals surface area contributed by atoms with E-state index in [-0.39, 0.29) is 5.91 Å². The van der Waals surface area contributed by atoms with Crippen LogP contribution >= 0.6 is 0 Å². The summed E-state index contributed by atoms with van der Waals surface area (Å²) in [5, 5.41) is 5.83. The molecule has 2 N–H and O–H groups in total. The monoisotopic (exact) mass is 296 g/mol. The lowest BCUT2D eigenvalue weighted by molar-refractivity contribution is -0.121. The summed E-state index contributed by atoms with van der Waals surface area (Å²) in [5.74, 6) is 1.29. The van der Waals surface area contributed by atoms with Crippen LogP contribution in [0.15, 0.2) is 18.2 Å². The third kappa shape index (κ3) is 6.01. The minimum absolute atomic E-state index is 0.0512. The molecule has 0 aliphatic carbocycles. The Morgan fingerprint density at radius 1 is 1.24 bits per heavy atom. The number of carbonyl (C=O) groups excluding carboxylic acids is 1. The van der Waals surface area contributed by atoms with Crippen LogP contribution in [-0.2, 0) is 16.1 Å². The molecule has 1 rings (SSSR count). The number of hydrogen-bond acceptors (Lipinski definition) is 5. The minimum atomic E-state index is -0.0512. The molecule has 0 heterocycles. The van der Waals surface area contributed by atoms with Crippen LogP contribution in [0, 0.1) is 0 Å². The van der Waals surface area contributed by atoms with E-state index in [1.54, 1.807) is 21.3 Å². The predicted molar refractivity (Wildman–Crippen MR) is 80.8 cm³/mol. The second-order valence-electron chi connectivity index (χ2n) is 4.39. The van der Waals surface area contributed by atoms with Gasteiger partial charge in [0.15, 0.2) is 11.5 Å². The van der Waals surface area contributed by atoms with E-state index in [9.17, 15) is 4.79 Å². The SMILES string of the molecule is CNC(=O)CCOc1c(CNCCOC)cccc1OC. The molecule has 0 radical (unpaired) electrons. The fraction of sp³-hybridized carbons (Fsp3) is 0.533. The van der Waals surface area contributed by atoms with Crippen LogP contribution in [0.1, 0.15) is 12.0 Å². The van der Waals surface area contributed by atoms with Gasteiger partial charge in [-0.1, -0.05) is 12.1 Å². The molecule has 1 amide bonds. The van der Waals surface area contributed by atoms with E-state index >= 15 is 0 Å². The number of ether oxygens (including phenoxy) is 3. The fourth-order valence-corrected chi connectivity index (χ4v) is 1.79. The van der Waals surface area contributed by atoms with Gasteiger partial charge in [0, 0.05) is 32.8 Å². The molecule has 0 aliphatic heterocycles. The van der Waals surface area contributed by atoms with E-state index in [0.717, 1.165) is 12.1 Å². The first-order valence-electron chi connectivity index (χ1n) is 6.91. The smallest absolute Gasteiger partial charge is 0.223 e. The van der Waals surface area contributed by atoms with Crippen LogP contribution in [0.4, 0.5) is 0 Å². The summed E-state index contributed by atoms with van der Waals surface area (Å²) in [7, 11) is 4.88. The summed E-state index contributed by atoms with van der Waals surface area (Å²) in [4.78, 5) is 11.2. The van der Waals surface area contributed by atoms with Crippen molar-refractivity contribution in [3.63, 3.8) is 0 Å². The van der Waals surface area contributed by atoms with Crippen LogP contribution < -0.4 is 20.1 Å². The van der Waals surface area contributed by atoms with Crippen molar-refractivity contribution in [1.29, 1.82) is 0 Å². The zero-order chi connectivity index (χ0) is 15.5. The van der Waals surface area contributed by atoms with Crippen molar-refractivity contribution in [3.05, 3.63) is 23.8 Å². The number of methoxy groups -OCH3 is 2. The Hall–Kier alpha value is -1.79. The number of para-hydroxylation sites is 1. The largest absolute Gasteiger partial charge is 0.493 e. The molecule has 0 spiro atoms. The molecule has 0 saturated carbocycles. The first kappa shape index (κ1) is 17.3. The summed E-state index contributed by atoms with van der Waals surface area (Å²) in [6, 6.07) is 5.73. The third-order valence-electron chi connectivity index (χ3n) is 2.93.